The zero-order chi connectivity index (χ0) is 17.5. The molecule has 0 aliphatic heterocycles. The molecule has 1 N–H and O–H groups in total. The molecule has 2 rings (SSSR count). The van der Waals surface area contributed by atoms with E-state index in [9.17, 15) is 9.90 Å². The van der Waals surface area contributed by atoms with Crippen molar-refractivity contribution in [3.8, 4) is 11.5 Å². The SMILES string of the molecule is CCOc1cc(/C=C(\C(=O)O)c2ccccc2)cc(Br)c1OCC. The number of ether oxygens (including phenoxy) is 2. The molecule has 0 aromatic heterocycles. The molecule has 0 aliphatic rings. The van der Waals surface area contributed by atoms with E-state index >= 15 is 0 Å². The van der Waals surface area contributed by atoms with Gasteiger partial charge in [0.2, 0.25) is 0 Å². The van der Waals surface area contributed by atoms with Crippen LogP contribution in [0.25, 0.3) is 11.6 Å². The van der Waals surface area contributed by atoms with Gasteiger partial charge in [0.15, 0.2) is 11.5 Å². The van der Waals surface area contributed by atoms with E-state index < -0.39 is 5.97 Å². The third-order valence-electron chi connectivity index (χ3n) is 3.25. The number of hydrogen-bond acceptors (Lipinski definition) is 3. The van der Waals surface area contributed by atoms with Gasteiger partial charge in [-0.3, -0.25) is 0 Å². The van der Waals surface area contributed by atoms with E-state index in [1.807, 2.05) is 38.1 Å². The van der Waals surface area contributed by atoms with E-state index in [2.05, 4.69) is 15.9 Å². The Balaban J connectivity index is 2.52. The highest BCUT2D eigenvalue weighted by molar-refractivity contribution is 9.10. The van der Waals surface area contributed by atoms with Crippen LogP contribution in [0.3, 0.4) is 0 Å². The Morgan fingerprint density at radius 2 is 1.79 bits per heavy atom. The zero-order valence-corrected chi connectivity index (χ0v) is 15.2. The first-order chi connectivity index (χ1) is 11.6. The average Bonchev–Trinajstić information content (AvgIpc) is 2.56. The van der Waals surface area contributed by atoms with Crippen molar-refractivity contribution in [3.63, 3.8) is 0 Å². The lowest BCUT2D eigenvalue weighted by Crippen LogP contribution is -2.01. The van der Waals surface area contributed by atoms with E-state index in [1.54, 1.807) is 24.3 Å². The van der Waals surface area contributed by atoms with Crippen molar-refractivity contribution in [1.29, 1.82) is 0 Å². The molecule has 24 heavy (non-hydrogen) atoms. The molecule has 126 valence electrons. The van der Waals surface area contributed by atoms with E-state index in [0.717, 1.165) is 10.0 Å². The maximum absolute atomic E-state index is 11.6. The molecule has 2 aromatic carbocycles. The van der Waals surface area contributed by atoms with Crippen molar-refractivity contribution >= 4 is 33.5 Å². The third kappa shape index (κ3) is 4.38. The molecular weight excluding hydrogens is 372 g/mol. The van der Waals surface area contributed by atoms with Gasteiger partial charge in [-0.2, -0.15) is 0 Å². The fourth-order valence-corrected chi connectivity index (χ4v) is 2.85. The summed E-state index contributed by atoms with van der Waals surface area (Å²) in [5.41, 5.74) is 1.58. The second kappa shape index (κ2) is 8.55. The minimum absolute atomic E-state index is 0.217. The van der Waals surface area contributed by atoms with Gasteiger partial charge in [-0.15, -0.1) is 0 Å². The van der Waals surface area contributed by atoms with Gasteiger partial charge in [0.25, 0.3) is 0 Å². The predicted octanol–water partition coefficient (Wildman–Crippen LogP) is 4.87. The van der Waals surface area contributed by atoms with Crippen LogP contribution in [0.15, 0.2) is 46.9 Å². The van der Waals surface area contributed by atoms with E-state index in [4.69, 9.17) is 9.47 Å². The van der Waals surface area contributed by atoms with Crippen molar-refractivity contribution < 1.29 is 19.4 Å². The van der Waals surface area contributed by atoms with Gasteiger partial charge in [-0.1, -0.05) is 30.3 Å². The van der Waals surface area contributed by atoms with Gasteiger partial charge in [-0.25, -0.2) is 4.79 Å². The Hall–Kier alpha value is -2.27. The molecule has 0 fully saturated rings. The molecule has 0 bridgehead atoms. The van der Waals surface area contributed by atoms with E-state index in [1.165, 1.54) is 0 Å². The zero-order valence-electron chi connectivity index (χ0n) is 13.6. The van der Waals surface area contributed by atoms with Crippen molar-refractivity contribution in [2.75, 3.05) is 13.2 Å². The first kappa shape index (κ1) is 18.1. The van der Waals surface area contributed by atoms with Gasteiger partial charge in [-0.05, 0) is 59.1 Å². The summed E-state index contributed by atoms with van der Waals surface area (Å²) in [6.07, 6.45) is 1.63. The Morgan fingerprint density at radius 1 is 1.12 bits per heavy atom. The fourth-order valence-electron chi connectivity index (χ4n) is 2.27. The molecule has 0 atom stereocenters. The van der Waals surface area contributed by atoms with Crippen LogP contribution in [-0.4, -0.2) is 24.3 Å². The van der Waals surface area contributed by atoms with Crippen LogP contribution >= 0.6 is 15.9 Å². The Bertz CT molecular complexity index is 739. The highest BCUT2D eigenvalue weighted by atomic mass is 79.9. The summed E-state index contributed by atoms with van der Waals surface area (Å²) in [6, 6.07) is 12.6. The summed E-state index contributed by atoms with van der Waals surface area (Å²) in [6.45, 7) is 4.79. The number of carboxylic acid groups (broad SMARTS) is 1. The Labute approximate surface area is 149 Å². The Morgan fingerprint density at radius 3 is 2.38 bits per heavy atom. The molecule has 0 unspecified atom stereocenters. The molecule has 0 saturated heterocycles. The lowest BCUT2D eigenvalue weighted by molar-refractivity contribution is -0.130. The Kier molecular flexibility index (Phi) is 6.44. The van der Waals surface area contributed by atoms with Crippen LogP contribution in [0.1, 0.15) is 25.0 Å². The molecular formula is C19H19BrO4. The lowest BCUT2D eigenvalue weighted by atomic mass is 10.0. The monoisotopic (exact) mass is 390 g/mol. The van der Waals surface area contributed by atoms with Crippen LogP contribution in [0, 0.1) is 0 Å². The minimum atomic E-state index is -0.982. The number of aliphatic carboxylic acids is 1. The molecule has 0 amide bonds. The largest absolute Gasteiger partial charge is 0.490 e. The van der Waals surface area contributed by atoms with Crippen molar-refractivity contribution in [2.45, 2.75) is 13.8 Å². The number of carboxylic acids is 1. The van der Waals surface area contributed by atoms with Crippen molar-refractivity contribution in [2.24, 2.45) is 0 Å². The van der Waals surface area contributed by atoms with E-state index in [0.29, 0.717) is 30.3 Å². The van der Waals surface area contributed by atoms with Gasteiger partial charge >= 0.3 is 5.97 Å². The molecule has 2 aromatic rings. The number of benzene rings is 2. The summed E-state index contributed by atoms with van der Waals surface area (Å²) in [5.74, 6) is 0.218. The van der Waals surface area contributed by atoms with Gasteiger partial charge in [0.1, 0.15) is 0 Å². The highest BCUT2D eigenvalue weighted by Gasteiger charge is 2.14. The standard InChI is InChI=1S/C19H19BrO4/c1-3-23-17-12-13(11-16(20)18(17)24-4-2)10-15(19(21)22)14-8-6-5-7-9-14/h5-12H,3-4H2,1-2H3,(H,21,22)/b15-10-. The number of carbonyl (C=O) groups is 1. The lowest BCUT2D eigenvalue weighted by Gasteiger charge is -2.14. The summed E-state index contributed by atoms with van der Waals surface area (Å²) in [7, 11) is 0. The predicted molar refractivity (Wildman–Crippen MR) is 98.4 cm³/mol. The first-order valence-electron chi connectivity index (χ1n) is 7.66. The van der Waals surface area contributed by atoms with Gasteiger partial charge in [0, 0.05) is 0 Å². The van der Waals surface area contributed by atoms with Crippen molar-refractivity contribution in [1.82, 2.24) is 0 Å². The fraction of sp³-hybridized carbons (Fsp3) is 0.211. The number of hydrogen-bond donors (Lipinski definition) is 1. The molecule has 0 heterocycles. The van der Waals surface area contributed by atoms with Crippen LogP contribution < -0.4 is 9.47 Å². The normalized spacial score (nSPS) is 11.2. The molecule has 4 nitrogen and oxygen atoms in total. The first-order valence-corrected chi connectivity index (χ1v) is 8.45. The van der Waals surface area contributed by atoms with Crippen LogP contribution in [0.2, 0.25) is 0 Å². The number of rotatable bonds is 7. The van der Waals surface area contributed by atoms with Crippen LogP contribution in [-0.2, 0) is 4.79 Å². The number of halogens is 1. The maximum Gasteiger partial charge on any atom is 0.336 e. The molecule has 5 heteroatoms. The smallest absolute Gasteiger partial charge is 0.336 e. The molecule has 0 aliphatic carbocycles. The molecule has 0 radical (unpaired) electrons. The molecule has 0 saturated carbocycles. The van der Waals surface area contributed by atoms with Crippen molar-refractivity contribution in [3.05, 3.63) is 58.1 Å². The highest BCUT2D eigenvalue weighted by Crippen LogP contribution is 2.38. The summed E-state index contributed by atoms with van der Waals surface area (Å²) in [4.78, 5) is 11.6. The second-order valence-electron chi connectivity index (χ2n) is 4.93. The third-order valence-corrected chi connectivity index (χ3v) is 3.84. The topological polar surface area (TPSA) is 55.8 Å². The average molecular weight is 391 g/mol. The van der Waals surface area contributed by atoms with Crippen LogP contribution in [0.4, 0.5) is 0 Å². The molecule has 0 spiro atoms. The van der Waals surface area contributed by atoms with Gasteiger partial charge in [0.05, 0.1) is 23.3 Å². The van der Waals surface area contributed by atoms with E-state index in [-0.39, 0.29) is 5.57 Å². The van der Waals surface area contributed by atoms with Crippen LogP contribution in [0.5, 0.6) is 11.5 Å². The quantitative estimate of drug-likeness (QED) is 0.540. The summed E-state index contributed by atoms with van der Waals surface area (Å²) >= 11 is 3.47. The summed E-state index contributed by atoms with van der Waals surface area (Å²) in [5, 5.41) is 9.53. The minimum Gasteiger partial charge on any atom is -0.490 e. The second-order valence-corrected chi connectivity index (χ2v) is 5.78. The maximum atomic E-state index is 11.6. The summed E-state index contributed by atoms with van der Waals surface area (Å²) < 4.78 is 12.0. The van der Waals surface area contributed by atoms with Gasteiger partial charge < -0.3 is 14.6 Å².